The number of hydrogen-bond acceptors (Lipinski definition) is 4. The lowest BCUT2D eigenvalue weighted by atomic mass is 9.99. The van der Waals surface area contributed by atoms with Crippen molar-refractivity contribution in [1.29, 1.82) is 0 Å². The predicted octanol–water partition coefficient (Wildman–Crippen LogP) is 2.90. The number of halogens is 1. The first kappa shape index (κ1) is 16.4. The molecular formula is C19H19FN4O2. The number of nitrogens with one attached hydrogen (secondary N) is 1. The van der Waals surface area contributed by atoms with Gasteiger partial charge in [-0.1, -0.05) is 0 Å². The summed E-state index contributed by atoms with van der Waals surface area (Å²) in [4.78, 5) is 13.0. The van der Waals surface area contributed by atoms with Gasteiger partial charge in [0.25, 0.3) is 5.56 Å². The van der Waals surface area contributed by atoms with Crippen molar-refractivity contribution < 1.29 is 9.13 Å². The van der Waals surface area contributed by atoms with Crippen LogP contribution >= 0.6 is 0 Å². The Morgan fingerprint density at radius 2 is 2.08 bits per heavy atom. The van der Waals surface area contributed by atoms with Crippen LogP contribution in [0.25, 0.3) is 16.8 Å². The Balaban J connectivity index is 1.88. The van der Waals surface area contributed by atoms with E-state index in [-0.39, 0.29) is 5.56 Å². The Morgan fingerprint density at radius 1 is 1.27 bits per heavy atom. The normalized spacial score (nSPS) is 13.2. The lowest BCUT2D eigenvalue weighted by Crippen LogP contribution is -2.27. The lowest BCUT2D eigenvalue weighted by Gasteiger charge is -2.22. The van der Waals surface area contributed by atoms with Crippen LogP contribution in [0.3, 0.4) is 0 Å². The number of rotatable bonds is 4. The average Bonchev–Trinajstić information content (AvgIpc) is 3.10. The van der Waals surface area contributed by atoms with Crippen molar-refractivity contribution in [3.63, 3.8) is 0 Å². The lowest BCUT2D eigenvalue weighted by molar-refractivity contribution is 0.192. The maximum atomic E-state index is 13.0. The molecule has 3 aromatic rings. The van der Waals surface area contributed by atoms with Gasteiger partial charge < -0.3 is 10.1 Å². The van der Waals surface area contributed by atoms with Gasteiger partial charge in [-0.05, 0) is 37.1 Å². The highest BCUT2D eigenvalue weighted by Crippen LogP contribution is 2.32. The van der Waals surface area contributed by atoms with Crippen LogP contribution in [0, 0.1) is 0 Å². The number of aryl methyl sites for hydroxylation is 1. The van der Waals surface area contributed by atoms with Crippen molar-refractivity contribution >= 4 is 5.69 Å². The summed E-state index contributed by atoms with van der Waals surface area (Å²) in [6, 6.07) is 6.82. The van der Waals surface area contributed by atoms with Gasteiger partial charge in [-0.3, -0.25) is 14.0 Å². The number of nitrogens with zero attached hydrogens (tertiary/aromatic N) is 3. The monoisotopic (exact) mass is 354 g/mol. The minimum Gasteiger partial charge on any atom is -0.463 e. The van der Waals surface area contributed by atoms with Crippen molar-refractivity contribution in [1.82, 2.24) is 14.3 Å². The molecule has 0 aliphatic carbocycles. The van der Waals surface area contributed by atoms with Crippen LogP contribution in [0.4, 0.5) is 10.1 Å². The first-order valence-electron chi connectivity index (χ1n) is 8.48. The fourth-order valence-corrected chi connectivity index (χ4v) is 3.32. The second-order valence-electron chi connectivity index (χ2n) is 6.25. The molecule has 3 heterocycles. The summed E-state index contributed by atoms with van der Waals surface area (Å²) in [5.41, 5.74) is 4.23. The highest BCUT2D eigenvalue weighted by atomic mass is 19.1. The van der Waals surface area contributed by atoms with E-state index in [1.165, 1.54) is 0 Å². The van der Waals surface area contributed by atoms with E-state index in [0.717, 1.165) is 41.8 Å². The molecule has 134 valence electrons. The van der Waals surface area contributed by atoms with E-state index in [1.54, 1.807) is 39.7 Å². The highest BCUT2D eigenvalue weighted by Gasteiger charge is 2.21. The summed E-state index contributed by atoms with van der Waals surface area (Å²) in [7, 11) is 1.86. The van der Waals surface area contributed by atoms with Crippen molar-refractivity contribution in [3.05, 3.63) is 58.8 Å². The Hall–Kier alpha value is -3.09. The summed E-state index contributed by atoms with van der Waals surface area (Å²) in [6.07, 6.45) is 7.21. The summed E-state index contributed by atoms with van der Waals surface area (Å²) >= 11 is 0. The first-order valence-corrected chi connectivity index (χ1v) is 8.48. The molecular weight excluding hydrogens is 335 g/mol. The van der Waals surface area contributed by atoms with E-state index >= 15 is 0 Å². The molecule has 6 nitrogen and oxygen atoms in total. The Bertz CT molecular complexity index is 992. The fourth-order valence-electron chi connectivity index (χ4n) is 3.32. The number of alkyl halides is 1. The number of benzene rings is 1. The number of ether oxygens (including phenoxy) is 1. The van der Waals surface area contributed by atoms with Gasteiger partial charge in [0, 0.05) is 48.4 Å². The number of fused-ring (bicyclic) bond motifs is 1. The molecule has 2 aromatic heterocycles. The smallest absolute Gasteiger partial charge is 0.260 e. The Labute approximate surface area is 149 Å². The predicted molar refractivity (Wildman–Crippen MR) is 97.7 cm³/mol. The minimum atomic E-state index is -0.880. The third kappa shape index (κ3) is 2.85. The van der Waals surface area contributed by atoms with E-state index in [0.29, 0.717) is 11.4 Å². The van der Waals surface area contributed by atoms with Crippen LogP contribution in [0.5, 0.6) is 5.75 Å². The van der Waals surface area contributed by atoms with Gasteiger partial charge in [-0.25, -0.2) is 4.39 Å². The van der Waals surface area contributed by atoms with Gasteiger partial charge in [-0.2, -0.15) is 5.10 Å². The zero-order chi connectivity index (χ0) is 18.1. The topological polar surface area (TPSA) is 61.1 Å². The zero-order valence-electron chi connectivity index (χ0n) is 14.4. The first-order chi connectivity index (χ1) is 12.7. The molecule has 1 aliphatic rings. The Kier molecular flexibility index (Phi) is 4.20. The average molecular weight is 354 g/mol. The molecule has 0 fully saturated rings. The summed E-state index contributed by atoms with van der Waals surface area (Å²) in [6.45, 7) is -0.0338. The van der Waals surface area contributed by atoms with Crippen LogP contribution in [-0.2, 0) is 13.5 Å². The molecule has 0 unspecified atom stereocenters. The second kappa shape index (κ2) is 6.67. The molecule has 1 aromatic carbocycles. The van der Waals surface area contributed by atoms with Gasteiger partial charge in [0.05, 0.1) is 11.9 Å². The zero-order valence-corrected chi connectivity index (χ0v) is 14.4. The maximum Gasteiger partial charge on any atom is 0.260 e. The second-order valence-corrected chi connectivity index (χ2v) is 6.25. The van der Waals surface area contributed by atoms with E-state index in [9.17, 15) is 9.18 Å². The van der Waals surface area contributed by atoms with Crippen LogP contribution in [0.1, 0.15) is 12.0 Å². The molecule has 0 saturated carbocycles. The molecule has 0 spiro atoms. The Morgan fingerprint density at radius 3 is 2.77 bits per heavy atom. The van der Waals surface area contributed by atoms with Gasteiger partial charge in [-0.15, -0.1) is 0 Å². The molecule has 0 bridgehead atoms. The molecule has 0 atom stereocenters. The van der Waals surface area contributed by atoms with E-state index in [1.807, 2.05) is 19.4 Å². The quantitative estimate of drug-likeness (QED) is 0.783. The summed E-state index contributed by atoms with van der Waals surface area (Å²) in [5, 5.41) is 7.62. The number of anilines is 1. The SMILES string of the molecule is Cn1cc(-c2cn(-c3ccc(OCF)cc3)c(=O)c3c2NCCC3)cn1. The van der Waals surface area contributed by atoms with E-state index < -0.39 is 6.86 Å². The van der Waals surface area contributed by atoms with Gasteiger partial charge in [0.15, 0.2) is 0 Å². The molecule has 26 heavy (non-hydrogen) atoms. The number of pyridine rings is 1. The van der Waals surface area contributed by atoms with Crippen LogP contribution in [0.2, 0.25) is 0 Å². The van der Waals surface area contributed by atoms with Crippen LogP contribution in [-0.4, -0.2) is 27.8 Å². The molecule has 0 amide bonds. The van der Waals surface area contributed by atoms with Gasteiger partial charge >= 0.3 is 0 Å². The van der Waals surface area contributed by atoms with Crippen molar-refractivity contribution in [2.45, 2.75) is 12.8 Å². The third-order valence-electron chi connectivity index (χ3n) is 4.56. The summed E-state index contributed by atoms with van der Waals surface area (Å²) < 4.78 is 20.5. The van der Waals surface area contributed by atoms with E-state index in [2.05, 4.69) is 10.4 Å². The van der Waals surface area contributed by atoms with Crippen LogP contribution in [0.15, 0.2) is 47.7 Å². The molecule has 0 radical (unpaired) electrons. The number of hydrogen-bond donors (Lipinski definition) is 1. The molecule has 4 rings (SSSR count). The van der Waals surface area contributed by atoms with Crippen molar-refractivity contribution in [3.8, 4) is 22.6 Å². The van der Waals surface area contributed by atoms with Crippen LogP contribution < -0.4 is 15.6 Å². The molecule has 7 heteroatoms. The maximum absolute atomic E-state index is 13.0. The minimum absolute atomic E-state index is 0.0426. The standard InChI is InChI=1S/C19H19FN4O2/c1-23-10-13(9-22-23)17-11-24(14-4-6-15(7-5-14)26-12-20)19(25)16-3-2-8-21-18(16)17/h4-7,9-11,21H,2-3,8,12H2,1H3. The molecule has 0 saturated heterocycles. The molecule has 1 aliphatic heterocycles. The fraction of sp³-hybridized carbons (Fsp3) is 0.263. The third-order valence-corrected chi connectivity index (χ3v) is 4.56. The molecule has 1 N–H and O–H groups in total. The van der Waals surface area contributed by atoms with Gasteiger partial charge in [0.2, 0.25) is 6.86 Å². The van der Waals surface area contributed by atoms with Crippen molar-refractivity contribution in [2.75, 3.05) is 18.7 Å². The summed E-state index contributed by atoms with van der Waals surface area (Å²) in [5.74, 6) is 0.427. The number of aromatic nitrogens is 3. The highest BCUT2D eigenvalue weighted by molar-refractivity contribution is 5.79. The largest absolute Gasteiger partial charge is 0.463 e. The van der Waals surface area contributed by atoms with E-state index in [4.69, 9.17) is 4.74 Å². The van der Waals surface area contributed by atoms with Gasteiger partial charge in [0.1, 0.15) is 5.75 Å². The van der Waals surface area contributed by atoms with Crippen molar-refractivity contribution in [2.24, 2.45) is 7.05 Å².